The SMILES string of the molecule is COC1(C(N)C2CCOC2)CCC1. The lowest BCUT2D eigenvalue weighted by atomic mass is 9.70. The average molecular weight is 185 g/mol. The van der Waals surface area contributed by atoms with E-state index in [0.29, 0.717) is 5.92 Å². The lowest BCUT2D eigenvalue weighted by Crippen LogP contribution is -2.57. The van der Waals surface area contributed by atoms with Crippen LogP contribution in [0.3, 0.4) is 0 Å². The fraction of sp³-hybridized carbons (Fsp3) is 1.00. The Hall–Kier alpha value is -0.120. The molecule has 76 valence electrons. The van der Waals surface area contributed by atoms with Crippen molar-refractivity contribution in [1.29, 1.82) is 0 Å². The van der Waals surface area contributed by atoms with Crippen molar-refractivity contribution in [2.24, 2.45) is 11.7 Å². The molecule has 1 aliphatic carbocycles. The second-order valence-corrected chi connectivity index (χ2v) is 4.27. The van der Waals surface area contributed by atoms with E-state index in [0.717, 1.165) is 32.5 Å². The van der Waals surface area contributed by atoms with Crippen molar-refractivity contribution in [1.82, 2.24) is 0 Å². The molecule has 2 N–H and O–H groups in total. The fourth-order valence-corrected chi connectivity index (χ4v) is 2.46. The maximum absolute atomic E-state index is 6.22. The molecule has 0 radical (unpaired) electrons. The average Bonchev–Trinajstić information content (AvgIpc) is 2.54. The molecule has 3 nitrogen and oxygen atoms in total. The first-order valence-electron chi connectivity index (χ1n) is 5.17. The molecule has 1 aliphatic heterocycles. The van der Waals surface area contributed by atoms with Crippen LogP contribution in [0.25, 0.3) is 0 Å². The van der Waals surface area contributed by atoms with E-state index < -0.39 is 0 Å². The van der Waals surface area contributed by atoms with Gasteiger partial charge in [0.15, 0.2) is 0 Å². The molecule has 2 aliphatic rings. The van der Waals surface area contributed by atoms with Crippen LogP contribution in [0.15, 0.2) is 0 Å². The van der Waals surface area contributed by atoms with Gasteiger partial charge in [-0.05, 0) is 25.7 Å². The largest absolute Gasteiger partial charge is 0.381 e. The summed E-state index contributed by atoms with van der Waals surface area (Å²) in [5, 5.41) is 0. The van der Waals surface area contributed by atoms with E-state index in [9.17, 15) is 0 Å². The molecule has 0 aromatic heterocycles. The van der Waals surface area contributed by atoms with Crippen LogP contribution in [0, 0.1) is 5.92 Å². The van der Waals surface area contributed by atoms with E-state index in [-0.39, 0.29) is 11.6 Å². The number of nitrogens with two attached hydrogens (primary N) is 1. The first-order valence-corrected chi connectivity index (χ1v) is 5.17. The molecule has 3 heteroatoms. The van der Waals surface area contributed by atoms with Gasteiger partial charge in [-0.25, -0.2) is 0 Å². The summed E-state index contributed by atoms with van der Waals surface area (Å²) in [7, 11) is 1.79. The predicted octanol–water partition coefficient (Wildman–Crippen LogP) is 0.919. The Kier molecular flexibility index (Phi) is 2.58. The molecule has 1 heterocycles. The van der Waals surface area contributed by atoms with Crippen LogP contribution in [0.5, 0.6) is 0 Å². The Balaban J connectivity index is 1.97. The van der Waals surface area contributed by atoms with Gasteiger partial charge in [-0.2, -0.15) is 0 Å². The molecule has 0 bridgehead atoms. The van der Waals surface area contributed by atoms with E-state index in [2.05, 4.69) is 0 Å². The highest BCUT2D eigenvalue weighted by atomic mass is 16.5. The summed E-state index contributed by atoms with van der Waals surface area (Å²) in [6, 6.07) is 0.175. The Labute approximate surface area is 79.6 Å². The number of hydrogen-bond donors (Lipinski definition) is 1. The molecular formula is C10H19NO2. The minimum Gasteiger partial charge on any atom is -0.381 e. The Morgan fingerprint density at radius 1 is 1.54 bits per heavy atom. The standard InChI is InChI=1S/C10H19NO2/c1-12-10(4-2-5-10)9(11)8-3-6-13-7-8/h8-9H,2-7,11H2,1H3. The minimum atomic E-state index is -0.0155. The summed E-state index contributed by atoms with van der Waals surface area (Å²) in [5.41, 5.74) is 6.21. The van der Waals surface area contributed by atoms with Gasteiger partial charge in [0, 0.05) is 25.7 Å². The number of ether oxygens (including phenoxy) is 2. The van der Waals surface area contributed by atoms with Crippen LogP contribution in [0.4, 0.5) is 0 Å². The predicted molar refractivity (Wildman–Crippen MR) is 50.5 cm³/mol. The fourth-order valence-electron chi connectivity index (χ4n) is 2.46. The van der Waals surface area contributed by atoms with Crippen molar-refractivity contribution in [2.75, 3.05) is 20.3 Å². The van der Waals surface area contributed by atoms with Gasteiger partial charge in [-0.1, -0.05) is 0 Å². The van der Waals surface area contributed by atoms with Gasteiger partial charge < -0.3 is 15.2 Å². The van der Waals surface area contributed by atoms with Crippen LogP contribution >= 0.6 is 0 Å². The van der Waals surface area contributed by atoms with Gasteiger partial charge in [0.25, 0.3) is 0 Å². The second-order valence-electron chi connectivity index (χ2n) is 4.27. The molecule has 0 aromatic rings. The van der Waals surface area contributed by atoms with E-state index in [1.165, 1.54) is 6.42 Å². The van der Waals surface area contributed by atoms with Crippen LogP contribution in [-0.4, -0.2) is 32.0 Å². The normalized spacial score (nSPS) is 34.2. The number of methoxy groups -OCH3 is 1. The number of hydrogen-bond acceptors (Lipinski definition) is 3. The van der Waals surface area contributed by atoms with E-state index >= 15 is 0 Å². The highest BCUT2D eigenvalue weighted by Crippen LogP contribution is 2.40. The van der Waals surface area contributed by atoms with Crippen molar-refractivity contribution in [2.45, 2.75) is 37.3 Å². The quantitative estimate of drug-likeness (QED) is 0.711. The first-order chi connectivity index (χ1) is 6.28. The molecular weight excluding hydrogens is 166 g/mol. The molecule has 0 spiro atoms. The third kappa shape index (κ3) is 1.49. The van der Waals surface area contributed by atoms with Crippen LogP contribution in [0.2, 0.25) is 0 Å². The van der Waals surface area contributed by atoms with Crippen molar-refractivity contribution >= 4 is 0 Å². The first kappa shape index (κ1) is 9.44. The molecule has 2 rings (SSSR count). The van der Waals surface area contributed by atoms with Crippen LogP contribution in [-0.2, 0) is 9.47 Å². The zero-order valence-corrected chi connectivity index (χ0v) is 8.29. The third-order valence-electron chi connectivity index (χ3n) is 3.69. The topological polar surface area (TPSA) is 44.5 Å². The van der Waals surface area contributed by atoms with Gasteiger partial charge in [0.2, 0.25) is 0 Å². The zero-order valence-electron chi connectivity index (χ0n) is 8.29. The molecule has 0 aromatic carbocycles. The molecule has 2 atom stereocenters. The zero-order chi connectivity index (χ0) is 9.31. The summed E-state index contributed by atoms with van der Waals surface area (Å²) < 4.78 is 10.9. The smallest absolute Gasteiger partial charge is 0.0832 e. The van der Waals surface area contributed by atoms with Gasteiger partial charge >= 0.3 is 0 Å². The lowest BCUT2D eigenvalue weighted by Gasteiger charge is -2.46. The van der Waals surface area contributed by atoms with Gasteiger partial charge in [-0.15, -0.1) is 0 Å². The van der Waals surface area contributed by atoms with Crippen LogP contribution in [0.1, 0.15) is 25.7 Å². The van der Waals surface area contributed by atoms with Gasteiger partial charge in [-0.3, -0.25) is 0 Å². The summed E-state index contributed by atoms with van der Waals surface area (Å²) in [6.45, 7) is 1.70. The van der Waals surface area contributed by atoms with Crippen molar-refractivity contribution in [3.05, 3.63) is 0 Å². The third-order valence-corrected chi connectivity index (χ3v) is 3.69. The molecule has 0 amide bonds. The van der Waals surface area contributed by atoms with E-state index in [1.54, 1.807) is 7.11 Å². The molecule has 1 saturated carbocycles. The molecule has 2 fully saturated rings. The highest BCUT2D eigenvalue weighted by molar-refractivity contribution is 5.01. The number of rotatable bonds is 3. The van der Waals surface area contributed by atoms with Gasteiger partial charge in [0.1, 0.15) is 0 Å². The van der Waals surface area contributed by atoms with Crippen LogP contribution < -0.4 is 5.73 Å². The Morgan fingerprint density at radius 2 is 2.31 bits per heavy atom. The molecule has 1 saturated heterocycles. The van der Waals surface area contributed by atoms with E-state index in [4.69, 9.17) is 15.2 Å². The van der Waals surface area contributed by atoms with Crippen molar-refractivity contribution in [3.63, 3.8) is 0 Å². The van der Waals surface area contributed by atoms with Crippen molar-refractivity contribution < 1.29 is 9.47 Å². The summed E-state index contributed by atoms with van der Waals surface area (Å²) >= 11 is 0. The molecule has 13 heavy (non-hydrogen) atoms. The highest BCUT2D eigenvalue weighted by Gasteiger charge is 2.46. The summed E-state index contributed by atoms with van der Waals surface area (Å²) in [4.78, 5) is 0. The maximum Gasteiger partial charge on any atom is 0.0832 e. The van der Waals surface area contributed by atoms with Crippen molar-refractivity contribution in [3.8, 4) is 0 Å². The minimum absolute atomic E-state index is 0.0155. The Morgan fingerprint density at radius 3 is 2.69 bits per heavy atom. The maximum atomic E-state index is 6.22. The van der Waals surface area contributed by atoms with E-state index in [1.807, 2.05) is 0 Å². The van der Waals surface area contributed by atoms with Gasteiger partial charge in [0.05, 0.1) is 12.2 Å². The Bertz CT molecular complexity index is 168. The molecule has 2 unspecified atom stereocenters. The lowest BCUT2D eigenvalue weighted by molar-refractivity contribution is -0.102. The summed E-state index contributed by atoms with van der Waals surface area (Å²) in [5.74, 6) is 0.514. The summed E-state index contributed by atoms with van der Waals surface area (Å²) in [6.07, 6.45) is 4.61. The second kappa shape index (κ2) is 3.56. The monoisotopic (exact) mass is 185 g/mol.